The van der Waals surface area contributed by atoms with Gasteiger partial charge < -0.3 is 15.8 Å². The highest BCUT2D eigenvalue weighted by Crippen LogP contribution is 2.38. The zero-order chi connectivity index (χ0) is 22.1. The summed E-state index contributed by atoms with van der Waals surface area (Å²) in [6.45, 7) is 1.45. The molecule has 2 heterocycles. The number of anilines is 1. The summed E-state index contributed by atoms with van der Waals surface area (Å²) in [7, 11) is 0. The van der Waals surface area contributed by atoms with Crippen LogP contribution in [0.15, 0.2) is 29.1 Å². The lowest BCUT2D eigenvalue weighted by molar-refractivity contribution is -0.119. The smallest absolute Gasteiger partial charge is 0.359 e. The molecule has 2 amide bonds. The van der Waals surface area contributed by atoms with E-state index in [1.54, 1.807) is 31.2 Å². The van der Waals surface area contributed by atoms with Crippen molar-refractivity contribution in [1.82, 2.24) is 9.78 Å². The molecular weight excluding hydrogens is 420 g/mol. The molecule has 0 fully saturated rings. The van der Waals surface area contributed by atoms with E-state index in [1.807, 2.05) is 0 Å². The van der Waals surface area contributed by atoms with Crippen molar-refractivity contribution < 1.29 is 19.1 Å². The Morgan fingerprint density at radius 2 is 1.97 bits per heavy atom. The van der Waals surface area contributed by atoms with E-state index in [1.165, 1.54) is 16.0 Å². The van der Waals surface area contributed by atoms with Gasteiger partial charge in [-0.1, -0.05) is 18.2 Å². The molecule has 0 atom stereocenters. The predicted molar refractivity (Wildman–Crippen MR) is 115 cm³/mol. The Kier molecular flexibility index (Phi) is 5.55. The third-order valence-corrected chi connectivity index (χ3v) is 6.32. The van der Waals surface area contributed by atoms with Crippen LogP contribution in [0.2, 0.25) is 0 Å². The average molecular weight is 440 g/mol. The number of carbonyl (C=O) groups is 3. The lowest BCUT2D eigenvalue weighted by Gasteiger charge is -2.10. The summed E-state index contributed by atoms with van der Waals surface area (Å²) < 4.78 is 6.32. The number of esters is 1. The molecular formula is C21H20N4O5S. The maximum Gasteiger partial charge on any atom is 0.359 e. The van der Waals surface area contributed by atoms with Gasteiger partial charge in [-0.2, -0.15) is 5.10 Å². The Balaban J connectivity index is 1.51. The Morgan fingerprint density at radius 3 is 2.68 bits per heavy atom. The summed E-state index contributed by atoms with van der Waals surface area (Å²) in [6.07, 6.45) is 2.55. The molecule has 0 spiro atoms. The monoisotopic (exact) mass is 440 g/mol. The van der Waals surface area contributed by atoms with E-state index in [-0.39, 0.29) is 17.8 Å². The summed E-state index contributed by atoms with van der Waals surface area (Å²) in [6, 6.07) is 6.59. The van der Waals surface area contributed by atoms with Gasteiger partial charge in [0.2, 0.25) is 0 Å². The highest BCUT2D eigenvalue weighted by Gasteiger charge is 2.26. The third kappa shape index (κ3) is 3.81. The normalized spacial score (nSPS) is 12.5. The highest BCUT2D eigenvalue weighted by atomic mass is 32.1. The number of hydrogen-bond acceptors (Lipinski definition) is 7. The van der Waals surface area contributed by atoms with Crippen molar-refractivity contribution >= 4 is 44.9 Å². The molecule has 2 aromatic heterocycles. The van der Waals surface area contributed by atoms with Gasteiger partial charge in [0.1, 0.15) is 5.00 Å². The van der Waals surface area contributed by atoms with Crippen LogP contribution in [0, 0.1) is 0 Å². The topological polar surface area (TPSA) is 133 Å². The van der Waals surface area contributed by atoms with Crippen LogP contribution in [0.5, 0.6) is 0 Å². The van der Waals surface area contributed by atoms with Crippen LogP contribution < -0.4 is 16.6 Å². The maximum absolute atomic E-state index is 12.6. The first-order valence-electron chi connectivity index (χ1n) is 9.81. The zero-order valence-corrected chi connectivity index (χ0v) is 17.6. The van der Waals surface area contributed by atoms with Crippen molar-refractivity contribution in [2.24, 2.45) is 5.73 Å². The first-order chi connectivity index (χ1) is 14.9. The number of aromatic nitrogens is 2. The molecule has 31 heavy (non-hydrogen) atoms. The lowest BCUT2D eigenvalue weighted by atomic mass is 10.1. The van der Waals surface area contributed by atoms with Gasteiger partial charge in [0, 0.05) is 16.8 Å². The Labute approximate surface area is 180 Å². The second-order valence-corrected chi connectivity index (χ2v) is 8.17. The van der Waals surface area contributed by atoms with Crippen LogP contribution in [-0.4, -0.2) is 34.2 Å². The number of thiophene rings is 1. The molecule has 0 saturated heterocycles. The van der Waals surface area contributed by atoms with E-state index in [9.17, 15) is 19.2 Å². The van der Waals surface area contributed by atoms with Gasteiger partial charge >= 0.3 is 5.97 Å². The van der Waals surface area contributed by atoms with Gasteiger partial charge in [-0.15, -0.1) is 11.3 Å². The summed E-state index contributed by atoms with van der Waals surface area (Å²) in [5, 5.41) is 7.79. The maximum atomic E-state index is 12.6. The number of primary amides is 1. The van der Waals surface area contributed by atoms with E-state index >= 15 is 0 Å². The Morgan fingerprint density at radius 1 is 1.23 bits per heavy atom. The van der Waals surface area contributed by atoms with Gasteiger partial charge in [0.25, 0.3) is 17.4 Å². The fourth-order valence-corrected chi connectivity index (χ4v) is 5.03. The van der Waals surface area contributed by atoms with E-state index in [0.717, 1.165) is 29.7 Å². The van der Waals surface area contributed by atoms with Crippen LogP contribution in [0.1, 0.15) is 44.6 Å². The largest absolute Gasteiger partial charge is 0.451 e. The quantitative estimate of drug-likeness (QED) is 0.562. The number of nitrogens with zero attached hydrogens (tertiary/aromatic N) is 2. The van der Waals surface area contributed by atoms with Crippen LogP contribution in [0.4, 0.5) is 5.00 Å². The molecule has 10 heteroatoms. The van der Waals surface area contributed by atoms with Crippen molar-refractivity contribution in [1.29, 1.82) is 0 Å². The molecule has 4 rings (SSSR count). The van der Waals surface area contributed by atoms with Crippen LogP contribution in [-0.2, 0) is 28.9 Å². The molecule has 0 bridgehead atoms. The van der Waals surface area contributed by atoms with Crippen LogP contribution in [0.25, 0.3) is 10.8 Å². The number of nitrogens with one attached hydrogen (secondary N) is 1. The van der Waals surface area contributed by atoms with E-state index < -0.39 is 24.4 Å². The molecule has 1 aliphatic carbocycles. The van der Waals surface area contributed by atoms with E-state index in [0.29, 0.717) is 21.3 Å². The van der Waals surface area contributed by atoms with Crippen molar-refractivity contribution in [3.8, 4) is 0 Å². The Hall–Kier alpha value is -3.53. The minimum absolute atomic E-state index is 0.0437. The number of fused-ring (bicyclic) bond motifs is 2. The van der Waals surface area contributed by atoms with Gasteiger partial charge in [0.05, 0.1) is 10.9 Å². The first kappa shape index (κ1) is 20.7. The predicted octanol–water partition coefficient (Wildman–Crippen LogP) is 1.86. The van der Waals surface area contributed by atoms with E-state index in [2.05, 4.69) is 10.4 Å². The number of ether oxygens (including phenoxy) is 1. The number of carbonyl (C=O) groups excluding carboxylic acids is 3. The highest BCUT2D eigenvalue weighted by molar-refractivity contribution is 7.17. The minimum Gasteiger partial charge on any atom is -0.451 e. The molecule has 0 unspecified atom stereocenters. The SMILES string of the molecule is CCn1nc(C(=O)OCC(=O)Nc2sc3c(c2C(N)=O)CCC3)c2ccccc2c1=O. The number of benzene rings is 1. The second-order valence-electron chi connectivity index (χ2n) is 7.07. The Bertz CT molecular complexity index is 1280. The minimum atomic E-state index is -0.822. The third-order valence-electron chi connectivity index (χ3n) is 5.12. The second kappa shape index (κ2) is 8.31. The molecule has 0 aliphatic heterocycles. The van der Waals surface area contributed by atoms with Gasteiger partial charge in [0.15, 0.2) is 12.3 Å². The summed E-state index contributed by atoms with van der Waals surface area (Å²) in [4.78, 5) is 50.3. The summed E-state index contributed by atoms with van der Waals surface area (Å²) in [5.41, 5.74) is 6.37. The van der Waals surface area contributed by atoms with E-state index in [4.69, 9.17) is 10.5 Å². The van der Waals surface area contributed by atoms with Crippen molar-refractivity contribution in [3.05, 3.63) is 56.3 Å². The van der Waals surface area contributed by atoms with Crippen molar-refractivity contribution in [2.45, 2.75) is 32.7 Å². The molecule has 0 saturated carbocycles. The number of nitrogens with two attached hydrogens (primary N) is 1. The van der Waals surface area contributed by atoms with Gasteiger partial charge in [-0.3, -0.25) is 14.4 Å². The average Bonchev–Trinajstić information content (AvgIpc) is 3.33. The number of amides is 2. The molecule has 1 aromatic carbocycles. The molecule has 3 N–H and O–H groups in total. The molecule has 3 aromatic rings. The number of aryl methyl sites for hydroxylation is 2. The summed E-state index contributed by atoms with van der Waals surface area (Å²) in [5.74, 6) is -2.01. The fourth-order valence-electron chi connectivity index (χ4n) is 3.72. The van der Waals surface area contributed by atoms with Crippen molar-refractivity contribution in [3.63, 3.8) is 0 Å². The molecule has 0 radical (unpaired) electrons. The van der Waals surface area contributed by atoms with Crippen molar-refractivity contribution in [2.75, 3.05) is 11.9 Å². The van der Waals surface area contributed by atoms with Crippen LogP contribution in [0.3, 0.4) is 0 Å². The molecule has 160 valence electrons. The number of hydrogen-bond donors (Lipinski definition) is 2. The molecule has 1 aliphatic rings. The molecule has 9 nitrogen and oxygen atoms in total. The van der Waals surface area contributed by atoms with Gasteiger partial charge in [-0.05, 0) is 37.8 Å². The van der Waals surface area contributed by atoms with Gasteiger partial charge in [-0.25, -0.2) is 9.48 Å². The zero-order valence-electron chi connectivity index (χ0n) is 16.8. The standard InChI is InChI=1S/C21H20N4O5S/c1-2-25-20(28)12-7-4-3-6-11(12)17(24-25)21(29)30-10-15(26)23-19-16(18(22)27)13-8-5-9-14(13)31-19/h3-4,6-7H,2,5,8-10H2,1H3,(H2,22,27)(H,23,26). The first-order valence-corrected chi connectivity index (χ1v) is 10.6. The van der Waals surface area contributed by atoms with Crippen LogP contribution >= 0.6 is 11.3 Å². The number of rotatable bonds is 6. The fraction of sp³-hybridized carbons (Fsp3) is 0.286. The lowest BCUT2D eigenvalue weighted by Crippen LogP contribution is -2.27. The summed E-state index contributed by atoms with van der Waals surface area (Å²) >= 11 is 1.32.